The molecule has 0 aliphatic carbocycles. The van der Waals surface area contributed by atoms with Gasteiger partial charge in [-0.1, -0.05) is 23.8 Å². The smallest absolute Gasteiger partial charge is 0.355 e. The van der Waals surface area contributed by atoms with E-state index in [4.69, 9.17) is 9.47 Å². The first kappa shape index (κ1) is 22.2. The van der Waals surface area contributed by atoms with Crippen molar-refractivity contribution in [2.24, 2.45) is 0 Å². The van der Waals surface area contributed by atoms with Crippen molar-refractivity contribution in [3.8, 4) is 0 Å². The summed E-state index contributed by atoms with van der Waals surface area (Å²) in [7, 11) is 1.67. The van der Waals surface area contributed by atoms with Gasteiger partial charge in [-0.15, -0.1) is 0 Å². The second-order valence-corrected chi connectivity index (χ2v) is 7.10. The third kappa shape index (κ3) is 5.25. The van der Waals surface area contributed by atoms with Crippen LogP contribution in [0.2, 0.25) is 0 Å². The molecule has 1 N–H and O–H groups in total. The Morgan fingerprint density at radius 2 is 1.72 bits per heavy atom. The van der Waals surface area contributed by atoms with Crippen molar-refractivity contribution >= 4 is 17.8 Å². The van der Waals surface area contributed by atoms with Gasteiger partial charge in [-0.05, 0) is 51.3 Å². The summed E-state index contributed by atoms with van der Waals surface area (Å²) in [5.74, 6) is -1.50. The number of aromatic nitrogens is 1. The summed E-state index contributed by atoms with van der Waals surface area (Å²) in [5, 5.41) is 0. The zero-order valence-electron chi connectivity index (χ0n) is 17.8. The minimum atomic E-state index is -0.686. The average Bonchev–Trinajstić information content (AvgIpc) is 2.96. The van der Waals surface area contributed by atoms with E-state index in [1.807, 2.05) is 26.0 Å². The summed E-state index contributed by atoms with van der Waals surface area (Å²) in [6, 6.07) is 6.05. The zero-order chi connectivity index (χ0) is 21.7. The predicted octanol–water partition coefficient (Wildman–Crippen LogP) is 3.24. The summed E-state index contributed by atoms with van der Waals surface area (Å²) in [5.41, 5.74) is 4.73. The monoisotopic (exact) mass is 400 g/mol. The Bertz CT molecular complexity index is 930. The highest BCUT2D eigenvalue weighted by molar-refractivity contribution is 5.99. The average molecular weight is 400 g/mol. The van der Waals surface area contributed by atoms with Crippen LogP contribution in [0, 0.1) is 27.7 Å². The van der Waals surface area contributed by atoms with E-state index in [1.165, 1.54) is 4.90 Å². The molecule has 0 saturated heterocycles. The number of H-pyrrole nitrogens is 1. The number of hydrogen-bond acceptors (Lipinski definition) is 5. The second-order valence-electron chi connectivity index (χ2n) is 7.10. The molecule has 29 heavy (non-hydrogen) atoms. The van der Waals surface area contributed by atoms with Crippen LogP contribution in [0.5, 0.6) is 0 Å². The molecule has 1 aromatic carbocycles. The van der Waals surface area contributed by atoms with Gasteiger partial charge < -0.3 is 19.4 Å². The highest BCUT2D eigenvalue weighted by Gasteiger charge is 2.24. The Hall–Kier alpha value is -3.09. The molecule has 0 radical (unpaired) electrons. The molecule has 1 aromatic heterocycles. The molecule has 2 aromatic rings. The van der Waals surface area contributed by atoms with Gasteiger partial charge >= 0.3 is 11.9 Å². The van der Waals surface area contributed by atoms with Crippen LogP contribution < -0.4 is 0 Å². The number of nitrogens with zero attached hydrogens (tertiary/aromatic N) is 1. The molecule has 7 heteroatoms. The maximum Gasteiger partial charge on any atom is 0.355 e. The summed E-state index contributed by atoms with van der Waals surface area (Å²) >= 11 is 0. The summed E-state index contributed by atoms with van der Waals surface area (Å²) < 4.78 is 10.2. The molecule has 1 heterocycles. The number of carbonyl (C=O) groups is 3. The predicted molar refractivity (Wildman–Crippen MR) is 109 cm³/mol. The summed E-state index contributed by atoms with van der Waals surface area (Å²) in [6.45, 7) is 9.33. The van der Waals surface area contributed by atoms with Gasteiger partial charge in [-0.2, -0.15) is 0 Å². The Morgan fingerprint density at radius 3 is 2.34 bits per heavy atom. The van der Waals surface area contributed by atoms with Crippen molar-refractivity contribution in [3.63, 3.8) is 0 Å². The summed E-state index contributed by atoms with van der Waals surface area (Å²) in [4.78, 5) is 41.2. The number of aryl methyl sites for hydroxylation is 3. The topological polar surface area (TPSA) is 88.7 Å². The van der Waals surface area contributed by atoms with Gasteiger partial charge in [-0.3, -0.25) is 4.79 Å². The molecule has 7 nitrogen and oxygen atoms in total. The Balaban J connectivity index is 2.00. The van der Waals surface area contributed by atoms with Crippen LogP contribution >= 0.6 is 0 Å². The normalized spacial score (nSPS) is 10.6. The molecule has 156 valence electrons. The number of esters is 2. The molecule has 2 rings (SSSR count). The lowest BCUT2D eigenvalue weighted by atomic mass is 10.1. The van der Waals surface area contributed by atoms with E-state index in [0.717, 1.165) is 16.7 Å². The van der Waals surface area contributed by atoms with Crippen LogP contribution in [-0.4, -0.2) is 48.0 Å². The number of rotatable bonds is 7. The SMILES string of the molecule is CCOC(=O)c1c(C)[nH]c(C(=O)OCC(=O)N(C)Cc2ccc(C)cc2C)c1C. The minimum Gasteiger partial charge on any atom is -0.462 e. The number of carbonyl (C=O) groups excluding carboxylic acids is 3. The van der Waals surface area contributed by atoms with Gasteiger partial charge in [0.1, 0.15) is 5.69 Å². The number of amides is 1. The van der Waals surface area contributed by atoms with E-state index in [0.29, 0.717) is 23.4 Å². The molecular weight excluding hydrogens is 372 g/mol. The Morgan fingerprint density at radius 1 is 1.03 bits per heavy atom. The largest absolute Gasteiger partial charge is 0.462 e. The van der Waals surface area contributed by atoms with Crippen molar-refractivity contribution in [1.29, 1.82) is 0 Å². The first-order valence-electron chi connectivity index (χ1n) is 9.49. The van der Waals surface area contributed by atoms with E-state index >= 15 is 0 Å². The third-order valence-corrected chi connectivity index (χ3v) is 4.78. The number of aromatic amines is 1. The number of nitrogens with one attached hydrogen (secondary N) is 1. The van der Waals surface area contributed by atoms with Crippen molar-refractivity contribution in [3.05, 3.63) is 57.4 Å². The molecule has 0 aliphatic heterocycles. The lowest BCUT2D eigenvalue weighted by Crippen LogP contribution is -2.31. The van der Waals surface area contributed by atoms with Gasteiger partial charge in [0.15, 0.2) is 6.61 Å². The number of ether oxygens (including phenoxy) is 2. The molecule has 0 saturated carbocycles. The van der Waals surface area contributed by atoms with Gasteiger partial charge in [0.05, 0.1) is 12.2 Å². The molecule has 0 aliphatic rings. The molecule has 0 spiro atoms. The maximum absolute atomic E-state index is 12.4. The molecule has 0 bridgehead atoms. The van der Waals surface area contributed by atoms with E-state index in [2.05, 4.69) is 11.1 Å². The molecular formula is C22H28N2O5. The number of hydrogen-bond donors (Lipinski definition) is 1. The van der Waals surface area contributed by atoms with E-state index < -0.39 is 11.9 Å². The van der Waals surface area contributed by atoms with E-state index in [9.17, 15) is 14.4 Å². The number of likely N-dealkylation sites (N-methyl/N-ethyl adjacent to an activating group) is 1. The van der Waals surface area contributed by atoms with Crippen molar-refractivity contribution in [2.75, 3.05) is 20.3 Å². The van der Waals surface area contributed by atoms with Crippen molar-refractivity contribution < 1.29 is 23.9 Å². The first-order chi connectivity index (χ1) is 13.6. The zero-order valence-corrected chi connectivity index (χ0v) is 17.8. The van der Waals surface area contributed by atoms with Crippen molar-refractivity contribution in [2.45, 2.75) is 41.2 Å². The van der Waals surface area contributed by atoms with Crippen LogP contribution in [0.3, 0.4) is 0 Å². The second kappa shape index (κ2) is 9.41. The fourth-order valence-electron chi connectivity index (χ4n) is 3.14. The molecule has 0 unspecified atom stereocenters. The Kier molecular flexibility index (Phi) is 7.20. The standard InChI is InChI=1S/C22H28N2O5/c1-7-28-21(26)19-15(4)20(23-16(19)5)22(27)29-12-18(25)24(6)11-17-9-8-13(2)10-14(17)3/h8-10,23H,7,11-12H2,1-6H3. The van der Waals surface area contributed by atoms with Gasteiger partial charge in [0, 0.05) is 19.3 Å². The van der Waals surface area contributed by atoms with Gasteiger partial charge in [-0.25, -0.2) is 9.59 Å². The van der Waals surface area contributed by atoms with Crippen LogP contribution in [0.1, 0.15) is 55.7 Å². The lowest BCUT2D eigenvalue weighted by molar-refractivity contribution is -0.133. The Labute approximate surface area is 171 Å². The maximum atomic E-state index is 12.4. The molecule has 0 atom stereocenters. The van der Waals surface area contributed by atoms with Crippen LogP contribution in [-0.2, 0) is 20.8 Å². The number of benzene rings is 1. The fraction of sp³-hybridized carbons (Fsp3) is 0.409. The van der Waals surface area contributed by atoms with E-state index in [-0.39, 0.29) is 24.8 Å². The fourth-order valence-corrected chi connectivity index (χ4v) is 3.14. The quantitative estimate of drug-likeness (QED) is 0.721. The van der Waals surface area contributed by atoms with E-state index in [1.54, 1.807) is 27.8 Å². The van der Waals surface area contributed by atoms with Crippen LogP contribution in [0.15, 0.2) is 18.2 Å². The van der Waals surface area contributed by atoms with Crippen LogP contribution in [0.25, 0.3) is 0 Å². The van der Waals surface area contributed by atoms with Gasteiger partial charge in [0.2, 0.25) is 0 Å². The minimum absolute atomic E-state index is 0.149. The summed E-state index contributed by atoms with van der Waals surface area (Å²) in [6.07, 6.45) is 0. The third-order valence-electron chi connectivity index (χ3n) is 4.78. The van der Waals surface area contributed by atoms with Crippen LogP contribution in [0.4, 0.5) is 0 Å². The highest BCUT2D eigenvalue weighted by atomic mass is 16.5. The van der Waals surface area contributed by atoms with Crippen molar-refractivity contribution in [1.82, 2.24) is 9.88 Å². The lowest BCUT2D eigenvalue weighted by Gasteiger charge is -2.18. The molecule has 0 fully saturated rings. The first-order valence-corrected chi connectivity index (χ1v) is 9.49. The highest BCUT2D eigenvalue weighted by Crippen LogP contribution is 2.20. The molecule has 1 amide bonds. The van der Waals surface area contributed by atoms with Gasteiger partial charge in [0.25, 0.3) is 5.91 Å².